The largest absolute Gasteiger partial charge is 0.329 e. The number of nitrogens with one attached hydrogen (secondary N) is 1. The van der Waals surface area contributed by atoms with Crippen molar-refractivity contribution in [1.29, 1.82) is 0 Å². The van der Waals surface area contributed by atoms with Crippen molar-refractivity contribution in [1.82, 2.24) is 5.32 Å². The van der Waals surface area contributed by atoms with E-state index in [2.05, 4.69) is 5.32 Å². The third-order valence-electron chi connectivity index (χ3n) is 2.19. The summed E-state index contributed by atoms with van der Waals surface area (Å²) < 4.78 is 13.5. The number of amides is 3. The van der Waals surface area contributed by atoms with Crippen LogP contribution in [-0.4, -0.2) is 18.5 Å². The quantitative estimate of drug-likeness (QED) is 0.705. The van der Waals surface area contributed by atoms with E-state index in [9.17, 15) is 14.0 Å². The zero-order valence-corrected chi connectivity index (χ0v) is 8.08. The molecule has 1 aromatic rings. The minimum Gasteiger partial charge on any atom is -0.282 e. The number of hydrogen-bond acceptors (Lipinski definition) is 2. The molecule has 0 spiro atoms. The highest BCUT2D eigenvalue weighted by molar-refractivity contribution is 6.12. The summed E-state index contributed by atoms with van der Waals surface area (Å²) in [5, 5.41) is 2.09. The third kappa shape index (κ3) is 1.68. The number of carbonyl (C=O) groups is 2. The van der Waals surface area contributed by atoms with Crippen LogP contribution in [0.25, 0.3) is 0 Å². The van der Waals surface area contributed by atoms with Crippen LogP contribution in [0.4, 0.5) is 14.9 Å². The Bertz CT molecular complexity index is 445. The second kappa shape index (κ2) is 3.34. The summed E-state index contributed by atoms with van der Waals surface area (Å²) in [6.45, 7) is 1.63. The highest BCUT2D eigenvalue weighted by Gasteiger charge is 2.29. The molecule has 0 aliphatic carbocycles. The van der Waals surface area contributed by atoms with Crippen molar-refractivity contribution >= 4 is 17.6 Å². The summed E-state index contributed by atoms with van der Waals surface area (Å²) in [6.07, 6.45) is 0. The van der Waals surface area contributed by atoms with Crippen LogP contribution in [0.3, 0.4) is 0 Å². The Morgan fingerprint density at radius 3 is 2.67 bits per heavy atom. The van der Waals surface area contributed by atoms with E-state index in [-0.39, 0.29) is 12.2 Å². The molecule has 1 N–H and O–H groups in total. The van der Waals surface area contributed by atoms with Crippen LogP contribution < -0.4 is 10.2 Å². The molecule has 3 amide bonds. The molecule has 1 fully saturated rings. The summed E-state index contributed by atoms with van der Waals surface area (Å²) in [4.78, 5) is 23.2. The minimum atomic E-state index is -0.581. The van der Waals surface area contributed by atoms with E-state index in [1.165, 1.54) is 12.1 Å². The SMILES string of the molecule is Cc1ccc(N2CC(=O)NC2=O)c(F)c1. The average Bonchev–Trinajstić information content (AvgIpc) is 2.45. The molecule has 0 atom stereocenters. The number of benzene rings is 1. The van der Waals surface area contributed by atoms with E-state index in [1.54, 1.807) is 13.0 Å². The minimum absolute atomic E-state index is 0.126. The number of imide groups is 1. The van der Waals surface area contributed by atoms with E-state index in [1.807, 2.05) is 0 Å². The fourth-order valence-electron chi connectivity index (χ4n) is 1.47. The summed E-state index contributed by atoms with van der Waals surface area (Å²) in [5.74, 6) is -0.917. The molecule has 78 valence electrons. The summed E-state index contributed by atoms with van der Waals surface area (Å²) >= 11 is 0. The highest BCUT2D eigenvalue weighted by atomic mass is 19.1. The van der Waals surface area contributed by atoms with Crippen molar-refractivity contribution in [3.05, 3.63) is 29.6 Å². The van der Waals surface area contributed by atoms with Gasteiger partial charge in [0.25, 0.3) is 0 Å². The Balaban J connectivity index is 2.38. The number of nitrogens with zero attached hydrogens (tertiary/aromatic N) is 1. The number of aryl methyl sites for hydroxylation is 1. The molecule has 4 nitrogen and oxygen atoms in total. The molecule has 5 heteroatoms. The van der Waals surface area contributed by atoms with Crippen molar-refractivity contribution in [3.63, 3.8) is 0 Å². The number of rotatable bonds is 1. The fraction of sp³-hybridized carbons (Fsp3) is 0.200. The van der Waals surface area contributed by atoms with Gasteiger partial charge in [-0.2, -0.15) is 0 Å². The number of hydrogen-bond donors (Lipinski definition) is 1. The lowest BCUT2D eigenvalue weighted by Crippen LogP contribution is -2.28. The molecule has 2 rings (SSSR count). The van der Waals surface area contributed by atoms with Gasteiger partial charge in [-0.3, -0.25) is 15.0 Å². The number of halogens is 1. The summed E-state index contributed by atoms with van der Waals surface area (Å²) in [7, 11) is 0. The van der Waals surface area contributed by atoms with Gasteiger partial charge >= 0.3 is 6.03 Å². The van der Waals surface area contributed by atoms with Gasteiger partial charge in [-0.1, -0.05) is 6.07 Å². The van der Waals surface area contributed by atoms with E-state index in [4.69, 9.17) is 0 Å². The predicted octanol–water partition coefficient (Wildman–Crippen LogP) is 1.19. The Morgan fingerprint density at radius 1 is 1.40 bits per heavy atom. The lowest BCUT2D eigenvalue weighted by Gasteiger charge is -2.14. The average molecular weight is 208 g/mol. The Morgan fingerprint density at radius 2 is 2.13 bits per heavy atom. The smallest absolute Gasteiger partial charge is 0.282 e. The van der Waals surface area contributed by atoms with E-state index in [0.29, 0.717) is 0 Å². The van der Waals surface area contributed by atoms with Gasteiger partial charge in [-0.25, -0.2) is 9.18 Å². The summed E-state index contributed by atoms with van der Waals surface area (Å²) in [6, 6.07) is 3.92. The standard InChI is InChI=1S/C10H9FN2O2/c1-6-2-3-8(7(11)4-6)13-5-9(14)12-10(13)15/h2-4H,5H2,1H3,(H,12,14,15). The monoisotopic (exact) mass is 208 g/mol. The molecule has 15 heavy (non-hydrogen) atoms. The molecule has 1 saturated heterocycles. The van der Waals surface area contributed by atoms with Crippen LogP contribution in [0.2, 0.25) is 0 Å². The lowest BCUT2D eigenvalue weighted by molar-refractivity contribution is -0.117. The van der Waals surface area contributed by atoms with Crippen molar-refractivity contribution < 1.29 is 14.0 Å². The molecular formula is C10H9FN2O2. The molecule has 0 radical (unpaired) electrons. The fourth-order valence-corrected chi connectivity index (χ4v) is 1.47. The first kappa shape index (κ1) is 9.64. The van der Waals surface area contributed by atoms with Crippen LogP contribution in [0, 0.1) is 12.7 Å². The molecule has 0 saturated carbocycles. The van der Waals surface area contributed by atoms with E-state index in [0.717, 1.165) is 10.5 Å². The number of urea groups is 1. The molecule has 0 bridgehead atoms. The first-order valence-electron chi connectivity index (χ1n) is 4.45. The molecule has 1 aromatic carbocycles. The maximum absolute atomic E-state index is 13.5. The van der Waals surface area contributed by atoms with Gasteiger partial charge in [0.05, 0.1) is 5.69 Å². The van der Waals surface area contributed by atoms with Crippen LogP contribution in [-0.2, 0) is 4.79 Å². The van der Waals surface area contributed by atoms with Gasteiger partial charge in [0.2, 0.25) is 5.91 Å². The molecule has 1 aliphatic heterocycles. The van der Waals surface area contributed by atoms with Gasteiger partial charge in [0.15, 0.2) is 0 Å². The maximum atomic E-state index is 13.5. The van der Waals surface area contributed by atoms with Crippen LogP contribution in [0.1, 0.15) is 5.56 Å². The zero-order valence-electron chi connectivity index (χ0n) is 8.08. The normalized spacial score (nSPS) is 15.7. The molecule has 0 unspecified atom stereocenters. The van der Waals surface area contributed by atoms with Crippen molar-refractivity contribution in [2.45, 2.75) is 6.92 Å². The van der Waals surface area contributed by atoms with Gasteiger partial charge in [0, 0.05) is 0 Å². The summed E-state index contributed by atoms with van der Waals surface area (Å²) in [5.41, 5.74) is 0.895. The lowest BCUT2D eigenvalue weighted by atomic mass is 10.2. The maximum Gasteiger partial charge on any atom is 0.329 e. The Labute approximate surface area is 85.7 Å². The predicted molar refractivity (Wildman–Crippen MR) is 52.0 cm³/mol. The van der Waals surface area contributed by atoms with Gasteiger partial charge < -0.3 is 0 Å². The number of carbonyl (C=O) groups excluding carboxylic acids is 2. The van der Waals surface area contributed by atoms with Gasteiger partial charge in [0.1, 0.15) is 12.4 Å². The molecule has 1 aliphatic rings. The second-order valence-electron chi connectivity index (χ2n) is 3.39. The topological polar surface area (TPSA) is 49.4 Å². The van der Waals surface area contributed by atoms with E-state index >= 15 is 0 Å². The van der Waals surface area contributed by atoms with Crippen LogP contribution >= 0.6 is 0 Å². The van der Waals surface area contributed by atoms with Gasteiger partial charge in [-0.05, 0) is 24.6 Å². The van der Waals surface area contributed by atoms with Gasteiger partial charge in [-0.15, -0.1) is 0 Å². The Kier molecular flexibility index (Phi) is 2.15. The molecule has 0 aromatic heterocycles. The van der Waals surface area contributed by atoms with Crippen molar-refractivity contribution in [2.24, 2.45) is 0 Å². The first-order valence-corrected chi connectivity index (χ1v) is 4.45. The first-order chi connectivity index (χ1) is 7.08. The number of anilines is 1. The third-order valence-corrected chi connectivity index (χ3v) is 2.19. The second-order valence-corrected chi connectivity index (χ2v) is 3.39. The highest BCUT2D eigenvalue weighted by Crippen LogP contribution is 2.21. The molecular weight excluding hydrogens is 199 g/mol. The Hall–Kier alpha value is -1.91. The van der Waals surface area contributed by atoms with Crippen molar-refractivity contribution in [2.75, 3.05) is 11.4 Å². The van der Waals surface area contributed by atoms with E-state index < -0.39 is 17.8 Å². The van der Waals surface area contributed by atoms with Crippen LogP contribution in [0.15, 0.2) is 18.2 Å². The van der Waals surface area contributed by atoms with Crippen molar-refractivity contribution in [3.8, 4) is 0 Å². The zero-order chi connectivity index (χ0) is 11.0. The van der Waals surface area contributed by atoms with Crippen LogP contribution in [0.5, 0.6) is 0 Å². The molecule has 1 heterocycles.